The molecule has 0 fully saturated rings. The summed E-state index contributed by atoms with van der Waals surface area (Å²) in [6, 6.07) is 6.56. The molecule has 0 atom stereocenters. The van der Waals surface area contributed by atoms with Crippen molar-refractivity contribution in [1.29, 1.82) is 0 Å². The van der Waals surface area contributed by atoms with Gasteiger partial charge in [-0.3, -0.25) is 0 Å². The highest BCUT2D eigenvalue weighted by Gasteiger charge is 2.22. The molecular weight excluding hydrogens is 256 g/mol. The van der Waals surface area contributed by atoms with Crippen LogP contribution >= 0.6 is 0 Å². The van der Waals surface area contributed by atoms with Gasteiger partial charge in [-0.05, 0) is 48.3 Å². The Balaban J connectivity index is 0.000000567. The van der Waals surface area contributed by atoms with Gasteiger partial charge in [0, 0.05) is 0 Å². The van der Waals surface area contributed by atoms with Gasteiger partial charge in [0.2, 0.25) is 0 Å². The average molecular weight is 293 g/mol. The van der Waals surface area contributed by atoms with Crippen molar-refractivity contribution in [2.24, 2.45) is 5.92 Å². The van der Waals surface area contributed by atoms with Gasteiger partial charge < -0.3 is 4.74 Å². The van der Waals surface area contributed by atoms with Crippen LogP contribution in [0.2, 0.25) is 0 Å². The van der Waals surface area contributed by atoms with E-state index in [4.69, 9.17) is 4.74 Å². The zero-order valence-corrected chi connectivity index (χ0v) is 15.5. The van der Waals surface area contributed by atoms with E-state index in [1.165, 1.54) is 24.0 Å². The minimum atomic E-state index is 0.279. The number of benzene rings is 1. The van der Waals surface area contributed by atoms with Gasteiger partial charge in [0.25, 0.3) is 0 Å². The number of hydrogen-bond acceptors (Lipinski definition) is 1. The molecule has 1 heteroatoms. The van der Waals surface area contributed by atoms with Gasteiger partial charge in [0.15, 0.2) is 0 Å². The highest BCUT2D eigenvalue weighted by molar-refractivity contribution is 5.39. The van der Waals surface area contributed by atoms with Gasteiger partial charge >= 0.3 is 0 Å². The Hall–Kier alpha value is -0.980. The second-order valence-corrected chi connectivity index (χ2v) is 6.37. The molecule has 0 aromatic heterocycles. The number of hydrogen-bond donors (Lipinski definition) is 0. The summed E-state index contributed by atoms with van der Waals surface area (Å²) in [6.45, 7) is 15.6. The van der Waals surface area contributed by atoms with Crippen molar-refractivity contribution in [2.75, 3.05) is 7.11 Å². The van der Waals surface area contributed by atoms with E-state index in [9.17, 15) is 0 Å². The molecule has 0 radical (unpaired) electrons. The van der Waals surface area contributed by atoms with Crippen LogP contribution in [-0.4, -0.2) is 7.11 Å². The summed E-state index contributed by atoms with van der Waals surface area (Å²) in [4.78, 5) is 0. The minimum absolute atomic E-state index is 0.279. The summed E-state index contributed by atoms with van der Waals surface area (Å²) in [5.41, 5.74) is 2.87. The first-order chi connectivity index (χ1) is 9.88. The van der Waals surface area contributed by atoms with E-state index in [2.05, 4.69) is 66.7 Å². The van der Waals surface area contributed by atoms with Crippen molar-refractivity contribution < 1.29 is 4.74 Å². The molecule has 0 heterocycles. The predicted molar refractivity (Wildman–Crippen MR) is 95.4 cm³/mol. The second-order valence-electron chi connectivity index (χ2n) is 6.37. The van der Waals surface area contributed by atoms with Crippen molar-refractivity contribution in [2.45, 2.75) is 79.6 Å². The second kappa shape index (κ2) is 9.87. The maximum Gasteiger partial charge on any atom is 0.122 e. The van der Waals surface area contributed by atoms with Crippen LogP contribution in [0.25, 0.3) is 0 Å². The summed E-state index contributed by atoms with van der Waals surface area (Å²) in [5, 5.41) is 0. The van der Waals surface area contributed by atoms with E-state index in [1.54, 1.807) is 7.11 Å². The largest absolute Gasteiger partial charge is 0.496 e. The fraction of sp³-hybridized carbons (Fsp3) is 0.700. The topological polar surface area (TPSA) is 9.23 Å². The molecular formula is C20H36O. The molecule has 0 saturated carbocycles. The van der Waals surface area contributed by atoms with E-state index < -0.39 is 0 Å². The molecule has 0 aliphatic rings. The van der Waals surface area contributed by atoms with E-state index >= 15 is 0 Å². The average Bonchev–Trinajstić information content (AvgIpc) is 2.54. The highest BCUT2D eigenvalue weighted by Crippen LogP contribution is 2.33. The van der Waals surface area contributed by atoms with E-state index in [1.807, 2.05) is 0 Å². The summed E-state index contributed by atoms with van der Waals surface area (Å²) >= 11 is 0. The lowest BCUT2D eigenvalue weighted by Gasteiger charge is -2.28. The van der Waals surface area contributed by atoms with E-state index in [0.29, 0.717) is 0 Å². The number of methoxy groups -OCH3 is 1. The zero-order chi connectivity index (χ0) is 16.5. The Kier molecular flexibility index (Phi) is 9.41. The smallest absolute Gasteiger partial charge is 0.122 e. The molecule has 1 nitrogen and oxygen atoms in total. The molecule has 0 aliphatic heterocycles. The SMILES string of the molecule is CCC(C)(CC)c1ccc(C)c(OC)c1.CCC(C)CC. The third kappa shape index (κ3) is 6.11. The summed E-state index contributed by atoms with van der Waals surface area (Å²) in [6.07, 6.45) is 4.98. The van der Waals surface area contributed by atoms with Gasteiger partial charge in [-0.25, -0.2) is 0 Å². The number of aryl methyl sites for hydroxylation is 1. The fourth-order valence-corrected chi connectivity index (χ4v) is 2.14. The first-order valence-electron chi connectivity index (χ1n) is 8.53. The van der Waals surface area contributed by atoms with Gasteiger partial charge in [0.05, 0.1) is 7.11 Å². The minimum Gasteiger partial charge on any atom is -0.496 e. The monoisotopic (exact) mass is 292 g/mol. The van der Waals surface area contributed by atoms with Crippen LogP contribution in [0, 0.1) is 12.8 Å². The van der Waals surface area contributed by atoms with Crippen LogP contribution in [0.3, 0.4) is 0 Å². The molecule has 0 unspecified atom stereocenters. The number of ether oxygens (including phenoxy) is 1. The molecule has 1 rings (SSSR count). The van der Waals surface area contributed by atoms with Crippen LogP contribution in [-0.2, 0) is 5.41 Å². The zero-order valence-electron chi connectivity index (χ0n) is 15.5. The van der Waals surface area contributed by atoms with Crippen LogP contribution < -0.4 is 4.74 Å². The summed E-state index contributed by atoms with van der Waals surface area (Å²) in [7, 11) is 1.74. The Morgan fingerprint density at radius 1 is 1.05 bits per heavy atom. The van der Waals surface area contributed by atoms with Crippen molar-refractivity contribution >= 4 is 0 Å². The van der Waals surface area contributed by atoms with Gasteiger partial charge in [-0.1, -0.05) is 66.5 Å². The van der Waals surface area contributed by atoms with Crippen molar-refractivity contribution in [3.63, 3.8) is 0 Å². The van der Waals surface area contributed by atoms with Crippen LogP contribution in [0.5, 0.6) is 5.75 Å². The van der Waals surface area contributed by atoms with Gasteiger partial charge in [-0.2, -0.15) is 0 Å². The molecule has 0 amide bonds. The van der Waals surface area contributed by atoms with Crippen LogP contribution in [0.15, 0.2) is 18.2 Å². The van der Waals surface area contributed by atoms with E-state index in [0.717, 1.165) is 24.5 Å². The van der Waals surface area contributed by atoms with Crippen molar-refractivity contribution in [1.82, 2.24) is 0 Å². The third-order valence-electron chi connectivity index (χ3n) is 5.06. The van der Waals surface area contributed by atoms with Gasteiger partial charge in [0.1, 0.15) is 5.75 Å². The summed E-state index contributed by atoms with van der Waals surface area (Å²) in [5.74, 6) is 1.94. The molecule has 1 aromatic rings. The lowest BCUT2D eigenvalue weighted by molar-refractivity contribution is 0.402. The molecule has 0 saturated heterocycles. The summed E-state index contributed by atoms with van der Waals surface area (Å²) < 4.78 is 5.37. The quantitative estimate of drug-likeness (QED) is 0.579. The predicted octanol–water partition coefficient (Wildman–Crippen LogP) is 6.52. The Morgan fingerprint density at radius 3 is 1.90 bits per heavy atom. The van der Waals surface area contributed by atoms with Crippen LogP contribution in [0.4, 0.5) is 0 Å². The third-order valence-corrected chi connectivity index (χ3v) is 5.06. The maximum absolute atomic E-state index is 5.37. The Bertz CT molecular complexity index is 387. The Morgan fingerprint density at radius 2 is 1.57 bits per heavy atom. The first kappa shape index (κ1) is 20.0. The molecule has 1 aromatic carbocycles. The molecule has 21 heavy (non-hydrogen) atoms. The maximum atomic E-state index is 5.37. The molecule has 0 N–H and O–H groups in total. The lowest BCUT2D eigenvalue weighted by Crippen LogP contribution is -2.19. The van der Waals surface area contributed by atoms with E-state index in [-0.39, 0.29) is 5.41 Å². The molecule has 122 valence electrons. The van der Waals surface area contributed by atoms with Crippen LogP contribution in [0.1, 0.15) is 78.4 Å². The lowest BCUT2D eigenvalue weighted by atomic mass is 9.77. The molecule has 0 spiro atoms. The standard InChI is InChI=1S/C14H22O.C6H14/c1-6-14(4,7-2)12-9-8-11(3)13(10-12)15-5;1-4-6(3)5-2/h8-10H,6-7H2,1-5H3;6H,4-5H2,1-3H3. The first-order valence-corrected chi connectivity index (χ1v) is 8.53. The highest BCUT2D eigenvalue weighted by atomic mass is 16.5. The normalized spacial score (nSPS) is 11.1. The fourth-order valence-electron chi connectivity index (χ4n) is 2.14. The van der Waals surface area contributed by atoms with Gasteiger partial charge in [-0.15, -0.1) is 0 Å². The van der Waals surface area contributed by atoms with Crippen molar-refractivity contribution in [3.8, 4) is 5.75 Å². The molecule has 0 aliphatic carbocycles. The Labute approximate surface area is 133 Å². The number of rotatable bonds is 6. The molecule has 0 bridgehead atoms. The van der Waals surface area contributed by atoms with Crippen molar-refractivity contribution in [3.05, 3.63) is 29.3 Å².